The van der Waals surface area contributed by atoms with Crippen LogP contribution < -0.4 is 10.1 Å². The van der Waals surface area contributed by atoms with Gasteiger partial charge in [0.1, 0.15) is 29.3 Å². The molecular formula is C28H29N5O4. The quantitative estimate of drug-likeness (QED) is 0.513. The first kappa shape index (κ1) is 24.5. The van der Waals surface area contributed by atoms with Crippen LogP contribution in [0.4, 0.5) is 0 Å². The molecule has 1 aliphatic carbocycles. The Bertz CT molecular complexity index is 1360. The fraction of sp³-hybridized carbons (Fsp3) is 0.393. The van der Waals surface area contributed by atoms with Crippen molar-refractivity contribution in [2.45, 2.75) is 50.1 Å². The molecule has 4 atom stereocenters. The summed E-state index contributed by atoms with van der Waals surface area (Å²) in [5.41, 5.74) is 1.92. The van der Waals surface area contributed by atoms with E-state index in [0.29, 0.717) is 37.3 Å². The Kier molecular flexibility index (Phi) is 6.91. The third-order valence-corrected chi connectivity index (χ3v) is 7.47. The number of benzene rings is 1. The molecule has 37 heavy (non-hydrogen) atoms. The molecule has 5 rings (SSSR count). The van der Waals surface area contributed by atoms with Crippen LogP contribution in [0.2, 0.25) is 0 Å². The molecule has 0 bridgehead atoms. The molecule has 1 saturated heterocycles. The average molecular weight is 500 g/mol. The van der Waals surface area contributed by atoms with Gasteiger partial charge in [-0.15, -0.1) is 0 Å². The molecule has 2 fully saturated rings. The maximum absolute atomic E-state index is 13.7. The zero-order valence-corrected chi connectivity index (χ0v) is 20.6. The molecule has 2 amide bonds. The van der Waals surface area contributed by atoms with Gasteiger partial charge in [-0.3, -0.25) is 19.4 Å². The van der Waals surface area contributed by atoms with Crippen LogP contribution in [-0.4, -0.2) is 58.2 Å². The minimum Gasteiger partial charge on any atom is -0.496 e. The second kappa shape index (κ2) is 10.4. The Hall–Kier alpha value is -4.19. The lowest BCUT2D eigenvalue weighted by Gasteiger charge is -2.25. The monoisotopic (exact) mass is 499 g/mol. The van der Waals surface area contributed by atoms with Crippen molar-refractivity contribution in [1.29, 1.82) is 5.26 Å². The smallest absolute Gasteiger partial charge is 0.271 e. The third kappa shape index (κ3) is 4.92. The van der Waals surface area contributed by atoms with E-state index in [-0.39, 0.29) is 23.5 Å². The maximum atomic E-state index is 13.7. The highest BCUT2D eigenvalue weighted by Crippen LogP contribution is 2.34. The Labute approximate surface area is 214 Å². The zero-order chi connectivity index (χ0) is 25.9. The van der Waals surface area contributed by atoms with Crippen LogP contribution in [0.5, 0.6) is 5.75 Å². The molecule has 190 valence electrons. The van der Waals surface area contributed by atoms with Gasteiger partial charge in [0.15, 0.2) is 0 Å². The molecule has 2 N–H and O–H groups in total. The number of H-pyrrole nitrogens is 1. The number of rotatable bonds is 7. The summed E-state index contributed by atoms with van der Waals surface area (Å²) in [4.78, 5) is 48.5. The van der Waals surface area contributed by atoms with E-state index < -0.39 is 18.0 Å². The van der Waals surface area contributed by atoms with E-state index >= 15 is 0 Å². The number of hydrogen-bond donors (Lipinski definition) is 2. The topological polar surface area (TPSA) is 128 Å². The number of fused-ring (bicyclic) bond motifs is 1. The summed E-state index contributed by atoms with van der Waals surface area (Å²) < 4.78 is 5.43. The van der Waals surface area contributed by atoms with Gasteiger partial charge >= 0.3 is 0 Å². The van der Waals surface area contributed by atoms with Crippen molar-refractivity contribution < 1.29 is 19.1 Å². The molecule has 0 unspecified atom stereocenters. The predicted molar refractivity (Wildman–Crippen MR) is 136 cm³/mol. The Morgan fingerprint density at radius 3 is 2.86 bits per heavy atom. The summed E-state index contributed by atoms with van der Waals surface area (Å²) in [6.45, 7) is 0.318. The first-order valence-electron chi connectivity index (χ1n) is 12.6. The zero-order valence-electron chi connectivity index (χ0n) is 20.6. The number of ketones is 1. The minimum absolute atomic E-state index is 0.128. The number of carbonyl (C=O) groups excluding carboxylic acids is 3. The molecular weight excluding hydrogens is 470 g/mol. The first-order chi connectivity index (χ1) is 18.0. The number of likely N-dealkylation sites (tertiary alicyclic amines) is 1. The fourth-order valence-electron chi connectivity index (χ4n) is 5.55. The van der Waals surface area contributed by atoms with Crippen LogP contribution in [0.3, 0.4) is 0 Å². The second-order valence-corrected chi connectivity index (χ2v) is 9.75. The van der Waals surface area contributed by atoms with Crippen molar-refractivity contribution in [3.63, 3.8) is 0 Å². The van der Waals surface area contributed by atoms with E-state index in [1.807, 2.05) is 36.4 Å². The summed E-state index contributed by atoms with van der Waals surface area (Å²) in [5, 5.41) is 13.3. The highest BCUT2D eigenvalue weighted by molar-refractivity contribution is 6.02. The Balaban J connectivity index is 1.40. The van der Waals surface area contributed by atoms with Crippen molar-refractivity contribution in [1.82, 2.24) is 20.2 Å². The van der Waals surface area contributed by atoms with Gasteiger partial charge < -0.3 is 19.9 Å². The number of amides is 2. The van der Waals surface area contributed by atoms with Gasteiger partial charge in [-0.2, -0.15) is 5.26 Å². The van der Waals surface area contributed by atoms with Gasteiger partial charge in [0.25, 0.3) is 5.91 Å². The van der Waals surface area contributed by atoms with Crippen LogP contribution >= 0.6 is 0 Å². The van der Waals surface area contributed by atoms with E-state index in [2.05, 4.69) is 21.4 Å². The predicted octanol–water partition coefficient (Wildman–Crippen LogP) is 3.34. The molecule has 3 aromatic rings. The van der Waals surface area contributed by atoms with Crippen LogP contribution in [0.15, 0.2) is 48.7 Å². The number of aromatic nitrogens is 2. The number of methoxy groups -OCH3 is 1. The average Bonchev–Trinajstić information content (AvgIpc) is 3.66. The van der Waals surface area contributed by atoms with E-state index in [1.165, 1.54) is 0 Å². The van der Waals surface area contributed by atoms with Gasteiger partial charge in [0.2, 0.25) is 5.91 Å². The van der Waals surface area contributed by atoms with Crippen molar-refractivity contribution in [2.24, 2.45) is 5.92 Å². The summed E-state index contributed by atoms with van der Waals surface area (Å²) in [7, 11) is 1.58. The SMILES string of the molecule is COc1cccc2[nH]c(C(=O)N3C[C@H](c4ccccn4)C[C@H]3C(=O)N[C@H](C#N)C[C@@H]3CCCC3=O)cc12. The normalized spacial score (nSPS) is 22.1. The van der Waals surface area contributed by atoms with Crippen molar-refractivity contribution in [3.05, 3.63) is 60.0 Å². The molecule has 3 heterocycles. The van der Waals surface area contributed by atoms with Gasteiger partial charge in [0.05, 0.1) is 13.2 Å². The van der Waals surface area contributed by atoms with E-state index in [9.17, 15) is 19.6 Å². The number of nitrogens with one attached hydrogen (secondary N) is 2. The van der Waals surface area contributed by atoms with Crippen LogP contribution in [0.1, 0.15) is 54.2 Å². The van der Waals surface area contributed by atoms with Gasteiger partial charge in [-0.1, -0.05) is 12.1 Å². The second-order valence-electron chi connectivity index (χ2n) is 9.75. The van der Waals surface area contributed by atoms with Crippen molar-refractivity contribution in [3.8, 4) is 11.8 Å². The van der Waals surface area contributed by atoms with Crippen molar-refractivity contribution in [2.75, 3.05) is 13.7 Å². The lowest BCUT2D eigenvalue weighted by molar-refractivity contribution is -0.126. The molecule has 0 radical (unpaired) electrons. The van der Waals surface area contributed by atoms with Gasteiger partial charge in [0, 0.05) is 47.6 Å². The van der Waals surface area contributed by atoms with Crippen molar-refractivity contribution >= 4 is 28.5 Å². The Morgan fingerprint density at radius 1 is 1.30 bits per heavy atom. The molecule has 0 spiro atoms. The summed E-state index contributed by atoms with van der Waals surface area (Å²) in [6, 6.07) is 13.4. The number of carbonyl (C=O) groups is 3. The van der Waals surface area contributed by atoms with Gasteiger partial charge in [-0.25, -0.2) is 0 Å². The number of ether oxygens (including phenoxy) is 1. The number of nitrogens with zero attached hydrogens (tertiary/aromatic N) is 3. The summed E-state index contributed by atoms with van der Waals surface area (Å²) in [5.74, 6) is -0.232. The largest absolute Gasteiger partial charge is 0.496 e. The van der Waals surface area contributed by atoms with Crippen LogP contribution in [-0.2, 0) is 9.59 Å². The highest BCUT2D eigenvalue weighted by atomic mass is 16.5. The number of aromatic amines is 1. The molecule has 1 saturated carbocycles. The molecule has 2 aromatic heterocycles. The van der Waals surface area contributed by atoms with Crippen LogP contribution in [0, 0.1) is 17.2 Å². The molecule has 1 aliphatic heterocycles. The maximum Gasteiger partial charge on any atom is 0.271 e. The first-order valence-corrected chi connectivity index (χ1v) is 12.6. The number of Topliss-reactive ketones (excluding diaryl/α,β-unsaturated/α-hetero) is 1. The van der Waals surface area contributed by atoms with Crippen LogP contribution in [0.25, 0.3) is 10.9 Å². The van der Waals surface area contributed by atoms with E-state index in [4.69, 9.17) is 4.74 Å². The number of nitriles is 1. The summed E-state index contributed by atoms with van der Waals surface area (Å²) >= 11 is 0. The van der Waals surface area contributed by atoms with E-state index in [1.54, 1.807) is 24.3 Å². The molecule has 9 nitrogen and oxygen atoms in total. The Morgan fingerprint density at radius 2 is 2.16 bits per heavy atom. The molecule has 2 aliphatic rings. The standard InChI is InChI=1S/C28H29N5O4/c1-37-26-10-5-8-22-20(26)14-23(32-22)28(36)33-16-18(21-7-2-3-11-30-21)13-24(33)27(35)31-19(15-29)12-17-6-4-9-25(17)34/h2-3,5,7-8,10-11,14,17-19,24,32H,4,6,9,12-13,16H2,1H3,(H,31,35)/t17-,18+,19-,24-/m0/s1. The number of pyridine rings is 1. The summed E-state index contributed by atoms with van der Waals surface area (Å²) in [6.07, 6.45) is 4.48. The minimum atomic E-state index is -0.789. The molecule has 1 aromatic carbocycles. The lowest BCUT2D eigenvalue weighted by Crippen LogP contribution is -2.49. The van der Waals surface area contributed by atoms with E-state index in [0.717, 1.165) is 29.4 Å². The number of hydrogen-bond acceptors (Lipinski definition) is 6. The van der Waals surface area contributed by atoms with Gasteiger partial charge in [-0.05, 0) is 56.0 Å². The fourth-order valence-corrected chi connectivity index (χ4v) is 5.55. The highest BCUT2D eigenvalue weighted by Gasteiger charge is 2.42. The lowest BCUT2D eigenvalue weighted by atomic mass is 9.97. The molecule has 9 heteroatoms. The third-order valence-electron chi connectivity index (χ3n) is 7.47.